The molecule has 0 amide bonds. The molecule has 0 atom stereocenters. The van der Waals surface area contributed by atoms with Crippen molar-refractivity contribution in [3.05, 3.63) is 56.0 Å². The molecule has 2 N–H and O–H groups in total. The highest BCUT2D eigenvalue weighted by Crippen LogP contribution is 2.32. The standard InChI is InChI=1S/C18H17BrClN3OS/c1-3-13-10(2)21-18(15-6-7-16(20)25-15)23-17(13)22-12-4-5-14(19)11(8-12)9-24/h4-8,24H,3,9H2,1-2H3,(H,21,22,23). The van der Waals surface area contributed by atoms with E-state index in [4.69, 9.17) is 16.6 Å². The molecule has 1 aromatic carbocycles. The highest BCUT2D eigenvalue weighted by Gasteiger charge is 2.14. The van der Waals surface area contributed by atoms with E-state index in [-0.39, 0.29) is 6.61 Å². The first-order chi connectivity index (χ1) is 12.0. The number of aliphatic hydroxyl groups excluding tert-OH is 1. The van der Waals surface area contributed by atoms with Crippen LogP contribution in [0.15, 0.2) is 34.8 Å². The molecular weight excluding hydrogens is 422 g/mol. The number of aryl methyl sites for hydroxylation is 1. The average Bonchev–Trinajstić information content (AvgIpc) is 3.03. The van der Waals surface area contributed by atoms with Gasteiger partial charge in [0.25, 0.3) is 0 Å². The van der Waals surface area contributed by atoms with Gasteiger partial charge in [0.15, 0.2) is 5.82 Å². The van der Waals surface area contributed by atoms with Crippen molar-refractivity contribution >= 4 is 50.4 Å². The molecule has 3 aromatic rings. The minimum atomic E-state index is -0.0293. The Bertz CT molecular complexity index is 913. The Labute approximate surface area is 164 Å². The predicted octanol–water partition coefficient (Wildman–Crippen LogP) is 5.73. The van der Waals surface area contributed by atoms with E-state index in [1.54, 1.807) is 0 Å². The third-order valence-electron chi connectivity index (χ3n) is 3.84. The number of hydrogen-bond donors (Lipinski definition) is 2. The molecule has 0 unspecified atom stereocenters. The number of nitrogens with one attached hydrogen (secondary N) is 1. The van der Waals surface area contributed by atoms with E-state index in [9.17, 15) is 5.11 Å². The van der Waals surface area contributed by atoms with Crippen LogP contribution in [-0.4, -0.2) is 15.1 Å². The lowest BCUT2D eigenvalue weighted by molar-refractivity contribution is 0.281. The molecule has 25 heavy (non-hydrogen) atoms. The maximum atomic E-state index is 9.45. The van der Waals surface area contributed by atoms with Crippen molar-refractivity contribution in [3.8, 4) is 10.7 Å². The fourth-order valence-electron chi connectivity index (χ4n) is 2.58. The number of anilines is 2. The van der Waals surface area contributed by atoms with Crippen LogP contribution >= 0.6 is 38.9 Å². The van der Waals surface area contributed by atoms with Gasteiger partial charge in [-0.25, -0.2) is 9.97 Å². The number of aliphatic hydroxyl groups is 1. The molecular formula is C18H17BrClN3OS. The SMILES string of the molecule is CCc1c(C)nc(-c2ccc(Cl)s2)nc1Nc1ccc(Br)c(CO)c1. The van der Waals surface area contributed by atoms with Gasteiger partial charge in [-0.3, -0.25) is 0 Å². The van der Waals surface area contributed by atoms with Crippen LogP contribution in [0, 0.1) is 6.92 Å². The topological polar surface area (TPSA) is 58.0 Å². The smallest absolute Gasteiger partial charge is 0.171 e. The molecule has 2 aromatic heterocycles. The van der Waals surface area contributed by atoms with Gasteiger partial charge in [0, 0.05) is 21.4 Å². The molecule has 0 aliphatic rings. The van der Waals surface area contributed by atoms with Gasteiger partial charge in [0.05, 0.1) is 15.8 Å². The second-order valence-electron chi connectivity index (χ2n) is 5.51. The predicted molar refractivity (Wildman–Crippen MR) is 108 cm³/mol. The van der Waals surface area contributed by atoms with E-state index in [2.05, 4.69) is 33.2 Å². The van der Waals surface area contributed by atoms with Gasteiger partial charge in [-0.1, -0.05) is 34.5 Å². The van der Waals surface area contributed by atoms with Crippen LogP contribution in [0.3, 0.4) is 0 Å². The van der Waals surface area contributed by atoms with Crippen molar-refractivity contribution in [2.75, 3.05) is 5.32 Å². The Balaban J connectivity index is 2.03. The summed E-state index contributed by atoms with van der Waals surface area (Å²) >= 11 is 10.9. The zero-order valence-electron chi connectivity index (χ0n) is 13.8. The van der Waals surface area contributed by atoms with Gasteiger partial charge >= 0.3 is 0 Å². The molecule has 2 heterocycles. The molecule has 130 valence electrons. The largest absolute Gasteiger partial charge is 0.392 e. The number of hydrogen-bond acceptors (Lipinski definition) is 5. The maximum Gasteiger partial charge on any atom is 0.171 e. The zero-order chi connectivity index (χ0) is 18.0. The molecule has 0 aliphatic carbocycles. The van der Waals surface area contributed by atoms with Crippen molar-refractivity contribution in [1.29, 1.82) is 0 Å². The fourth-order valence-corrected chi connectivity index (χ4v) is 3.93. The lowest BCUT2D eigenvalue weighted by atomic mass is 10.1. The Morgan fingerprint density at radius 1 is 1.24 bits per heavy atom. The summed E-state index contributed by atoms with van der Waals surface area (Å²) in [5.41, 5.74) is 3.70. The summed E-state index contributed by atoms with van der Waals surface area (Å²) in [5, 5.41) is 12.8. The van der Waals surface area contributed by atoms with Crippen molar-refractivity contribution < 1.29 is 5.11 Å². The Morgan fingerprint density at radius 3 is 2.68 bits per heavy atom. The van der Waals surface area contributed by atoms with E-state index in [0.29, 0.717) is 10.2 Å². The third-order valence-corrected chi connectivity index (χ3v) is 5.84. The van der Waals surface area contributed by atoms with Gasteiger partial charge in [0.1, 0.15) is 5.82 Å². The van der Waals surface area contributed by atoms with Gasteiger partial charge in [-0.15, -0.1) is 11.3 Å². The second-order valence-corrected chi connectivity index (χ2v) is 8.08. The molecule has 7 heteroatoms. The summed E-state index contributed by atoms with van der Waals surface area (Å²) in [6.45, 7) is 4.04. The molecule has 0 bridgehead atoms. The van der Waals surface area contributed by atoms with E-state index in [1.165, 1.54) is 11.3 Å². The number of aromatic nitrogens is 2. The average molecular weight is 439 g/mol. The summed E-state index contributed by atoms with van der Waals surface area (Å²) in [5.74, 6) is 1.44. The summed E-state index contributed by atoms with van der Waals surface area (Å²) < 4.78 is 1.59. The number of nitrogens with zero attached hydrogens (tertiary/aromatic N) is 2. The van der Waals surface area contributed by atoms with Crippen molar-refractivity contribution in [2.24, 2.45) is 0 Å². The third kappa shape index (κ3) is 4.03. The van der Waals surface area contributed by atoms with Gasteiger partial charge in [0.2, 0.25) is 0 Å². The fraction of sp³-hybridized carbons (Fsp3) is 0.222. The molecule has 4 nitrogen and oxygen atoms in total. The number of benzene rings is 1. The second kappa shape index (κ2) is 7.83. The van der Waals surface area contributed by atoms with Crippen molar-refractivity contribution in [1.82, 2.24) is 9.97 Å². The zero-order valence-corrected chi connectivity index (χ0v) is 17.0. The van der Waals surface area contributed by atoms with Crippen LogP contribution in [0.25, 0.3) is 10.7 Å². The summed E-state index contributed by atoms with van der Waals surface area (Å²) in [6.07, 6.45) is 0.822. The number of halogens is 2. The van der Waals surface area contributed by atoms with Crippen LogP contribution in [0.1, 0.15) is 23.7 Å². The van der Waals surface area contributed by atoms with E-state index < -0.39 is 0 Å². The monoisotopic (exact) mass is 437 g/mol. The first-order valence-corrected chi connectivity index (χ1v) is 9.80. The molecule has 0 radical (unpaired) electrons. The highest BCUT2D eigenvalue weighted by atomic mass is 79.9. The van der Waals surface area contributed by atoms with Gasteiger partial charge < -0.3 is 10.4 Å². The molecule has 0 aliphatic heterocycles. The van der Waals surface area contributed by atoms with Crippen LogP contribution < -0.4 is 5.32 Å². The van der Waals surface area contributed by atoms with Gasteiger partial charge in [-0.2, -0.15) is 0 Å². The minimum Gasteiger partial charge on any atom is -0.392 e. The lowest BCUT2D eigenvalue weighted by Crippen LogP contribution is -2.05. The maximum absolute atomic E-state index is 9.45. The first kappa shape index (κ1) is 18.3. The Hall–Kier alpha value is -1.47. The van der Waals surface area contributed by atoms with Crippen molar-refractivity contribution in [3.63, 3.8) is 0 Å². The number of thiophene rings is 1. The normalized spacial score (nSPS) is 10.9. The molecule has 0 spiro atoms. The van der Waals surface area contributed by atoms with Crippen LogP contribution in [0.2, 0.25) is 4.34 Å². The van der Waals surface area contributed by atoms with Crippen LogP contribution in [0.5, 0.6) is 0 Å². The Kier molecular flexibility index (Phi) is 5.74. The lowest BCUT2D eigenvalue weighted by Gasteiger charge is -2.14. The van der Waals surface area contributed by atoms with Crippen LogP contribution in [-0.2, 0) is 13.0 Å². The quantitative estimate of drug-likeness (QED) is 0.534. The number of rotatable bonds is 5. The molecule has 0 saturated carbocycles. The molecule has 0 saturated heterocycles. The van der Waals surface area contributed by atoms with Crippen LogP contribution in [0.4, 0.5) is 11.5 Å². The summed E-state index contributed by atoms with van der Waals surface area (Å²) in [6, 6.07) is 9.54. The van der Waals surface area contributed by atoms with Crippen molar-refractivity contribution in [2.45, 2.75) is 26.9 Å². The summed E-state index contributed by atoms with van der Waals surface area (Å²) in [7, 11) is 0. The minimum absolute atomic E-state index is 0.0293. The Morgan fingerprint density at radius 2 is 2.04 bits per heavy atom. The highest BCUT2D eigenvalue weighted by molar-refractivity contribution is 9.10. The van der Waals surface area contributed by atoms with E-state index in [1.807, 2.05) is 37.3 Å². The van der Waals surface area contributed by atoms with E-state index in [0.717, 1.165) is 44.1 Å². The summed E-state index contributed by atoms with van der Waals surface area (Å²) in [4.78, 5) is 10.3. The van der Waals surface area contributed by atoms with E-state index >= 15 is 0 Å². The molecule has 0 fully saturated rings. The first-order valence-electron chi connectivity index (χ1n) is 7.81. The molecule has 3 rings (SSSR count). The van der Waals surface area contributed by atoms with Gasteiger partial charge in [-0.05, 0) is 49.2 Å².